The molecule has 0 bridgehead atoms. The van der Waals surface area contributed by atoms with E-state index in [4.69, 9.17) is 5.73 Å². The second-order valence-corrected chi connectivity index (χ2v) is 9.84. The van der Waals surface area contributed by atoms with Crippen LogP contribution >= 0.6 is 0 Å². The number of carbonyl (C=O) groups excluding carboxylic acids is 1. The van der Waals surface area contributed by atoms with Crippen LogP contribution in [0.3, 0.4) is 0 Å². The maximum atomic E-state index is 14.6. The van der Waals surface area contributed by atoms with E-state index in [1.807, 2.05) is 11.9 Å². The molecular formula is C25H26F5N7O. The molecule has 3 aromatic heterocycles. The van der Waals surface area contributed by atoms with Crippen molar-refractivity contribution in [1.82, 2.24) is 24.3 Å². The number of hydrogen-bond donors (Lipinski definition) is 2. The van der Waals surface area contributed by atoms with Crippen LogP contribution in [-0.2, 0) is 18.6 Å². The molecule has 2 fully saturated rings. The molecule has 2 atom stereocenters. The van der Waals surface area contributed by atoms with Gasteiger partial charge in [0.05, 0.1) is 35.7 Å². The SMILES string of the molecule is CN1CC[C@@H](Nc2cccc3c(CC(F)(F)F)c(C#CCc4nn(C5(F)CC5)cc4C(N)=O)nn23)[C@@H](F)C1. The summed E-state index contributed by atoms with van der Waals surface area (Å²) in [6.07, 6.45) is -4.84. The van der Waals surface area contributed by atoms with Gasteiger partial charge in [-0.15, -0.1) is 0 Å². The van der Waals surface area contributed by atoms with E-state index in [9.17, 15) is 26.7 Å². The molecule has 38 heavy (non-hydrogen) atoms. The van der Waals surface area contributed by atoms with Gasteiger partial charge in [-0.2, -0.15) is 23.4 Å². The van der Waals surface area contributed by atoms with Gasteiger partial charge >= 0.3 is 6.18 Å². The van der Waals surface area contributed by atoms with E-state index in [-0.39, 0.29) is 53.8 Å². The monoisotopic (exact) mass is 535 g/mol. The predicted molar refractivity (Wildman–Crippen MR) is 129 cm³/mol. The Morgan fingerprint density at radius 2 is 2.05 bits per heavy atom. The first kappa shape index (κ1) is 26.0. The summed E-state index contributed by atoms with van der Waals surface area (Å²) in [5.41, 5.74) is 5.47. The van der Waals surface area contributed by atoms with Crippen LogP contribution in [0.4, 0.5) is 27.8 Å². The van der Waals surface area contributed by atoms with E-state index in [1.54, 1.807) is 12.1 Å². The van der Waals surface area contributed by atoms with Crippen molar-refractivity contribution in [3.8, 4) is 11.8 Å². The number of alkyl halides is 5. The van der Waals surface area contributed by atoms with Crippen molar-refractivity contribution >= 4 is 17.2 Å². The number of nitrogens with one attached hydrogen (secondary N) is 1. The number of likely N-dealkylation sites (tertiary alicyclic amines) is 1. The third-order valence-corrected chi connectivity index (χ3v) is 6.81. The van der Waals surface area contributed by atoms with Crippen LogP contribution in [0.15, 0.2) is 24.4 Å². The minimum atomic E-state index is -4.53. The highest BCUT2D eigenvalue weighted by Gasteiger charge is 2.46. The van der Waals surface area contributed by atoms with Crippen LogP contribution in [0.2, 0.25) is 0 Å². The maximum absolute atomic E-state index is 14.6. The number of primary amides is 1. The summed E-state index contributed by atoms with van der Waals surface area (Å²) in [7, 11) is 1.82. The van der Waals surface area contributed by atoms with E-state index in [1.165, 1.54) is 16.8 Å². The lowest BCUT2D eigenvalue weighted by Gasteiger charge is -2.33. The molecule has 1 amide bonds. The van der Waals surface area contributed by atoms with Crippen molar-refractivity contribution in [1.29, 1.82) is 0 Å². The highest BCUT2D eigenvalue weighted by Crippen LogP contribution is 2.44. The van der Waals surface area contributed by atoms with Gasteiger partial charge in [0.25, 0.3) is 5.91 Å². The molecule has 8 nitrogen and oxygen atoms in total. The average Bonchev–Trinajstić information content (AvgIpc) is 3.28. The normalized spacial score (nSPS) is 21.2. The van der Waals surface area contributed by atoms with Gasteiger partial charge in [0.1, 0.15) is 17.7 Å². The van der Waals surface area contributed by atoms with Gasteiger partial charge in [-0.25, -0.2) is 18.0 Å². The first-order valence-corrected chi connectivity index (χ1v) is 12.2. The smallest absolute Gasteiger partial charge is 0.365 e. The first-order valence-electron chi connectivity index (χ1n) is 12.2. The average molecular weight is 536 g/mol. The van der Waals surface area contributed by atoms with Gasteiger partial charge < -0.3 is 16.0 Å². The molecule has 3 N–H and O–H groups in total. The number of amides is 1. The van der Waals surface area contributed by atoms with E-state index in [0.29, 0.717) is 18.8 Å². The molecule has 4 heterocycles. The molecule has 1 aliphatic carbocycles. The Kier molecular flexibility index (Phi) is 6.54. The number of fused-ring (bicyclic) bond motifs is 1. The number of aromatic nitrogens is 4. The lowest BCUT2D eigenvalue weighted by Crippen LogP contribution is -2.46. The molecule has 1 saturated carbocycles. The zero-order valence-corrected chi connectivity index (χ0v) is 20.5. The Hall–Kier alpha value is -3.66. The van der Waals surface area contributed by atoms with Gasteiger partial charge in [0, 0.05) is 37.7 Å². The molecule has 1 saturated heterocycles. The van der Waals surface area contributed by atoms with Crippen molar-refractivity contribution in [3.05, 3.63) is 46.9 Å². The second kappa shape index (κ2) is 9.58. The molecule has 0 unspecified atom stereocenters. The molecular weight excluding hydrogens is 509 g/mol. The van der Waals surface area contributed by atoms with Crippen LogP contribution in [-0.4, -0.2) is 68.7 Å². The summed E-state index contributed by atoms with van der Waals surface area (Å²) in [6, 6.07) is 4.18. The van der Waals surface area contributed by atoms with Crippen molar-refractivity contribution in [2.45, 2.75) is 56.3 Å². The fourth-order valence-corrected chi connectivity index (χ4v) is 4.61. The van der Waals surface area contributed by atoms with Crippen LogP contribution in [0.1, 0.15) is 46.6 Å². The topological polar surface area (TPSA) is 93.5 Å². The molecule has 1 aliphatic heterocycles. The molecule has 5 rings (SSSR count). The van der Waals surface area contributed by atoms with Gasteiger partial charge in [0.15, 0.2) is 0 Å². The molecule has 0 aromatic carbocycles. The van der Waals surface area contributed by atoms with Gasteiger partial charge in [0.2, 0.25) is 5.79 Å². The summed E-state index contributed by atoms with van der Waals surface area (Å²) in [4.78, 5) is 13.7. The van der Waals surface area contributed by atoms with Crippen molar-refractivity contribution in [2.75, 3.05) is 25.5 Å². The number of rotatable bonds is 6. The zero-order chi connectivity index (χ0) is 27.2. The summed E-state index contributed by atoms with van der Waals surface area (Å²) in [6.45, 7) is 0.922. The number of hydrogen-bond acceptors (Lipinski definition) is 5. The minimum absolute atomic E-state index is 0.000805. The highest BCUT2D eigenvalue weighted by molar-refractivity contribution is 5.93. The number of nitrogens with zero attached hydrogens (tertiary/aromatic N) is 5. The standard InChI is InChI=1S/C25H26F5N7O/c1-35-11-8-20(17(26)14-35)32-22-7-3-6-21-15(12-25(28,29)30)18(34-37(21)22)4-2-5-19-16(23(31)38)13-36(33-19)24(27)9-10-24/h3,6-7,13,17,20,32H,5,8-12,14H2,1H3,(H2,31,38)/t17-,20+/m0/s1. The first-order chi connectivity index (χ1) is 17.9. The molecule has 202 valence electrons. The van der Waals surface area contributed by atoms with Crippen molar-refractivity contribution in [3.63, 3.8) is 0 Å². The lowest BCUT2D eigenvalue weighted by molar-refractivity contribution is -0.127. The number of piperidine rings is 1. The largest absolute Gasteiger partial charge is 0.393 e. The minimum Gasteiger partial charge on any atom is -0.365 e. The van der Waals surface area contributed by atoms with Crippen molar-refractivity contribution in [2.24, 2.45) is 5.73 Å². The highest BCUT2D eigenvalue weighted by atomic mass is 19.4. The molecule has 3 aromatic rings. The molecule has 2 aliphatic rings. The predicted octanol–water partition coefficient (Wildman–Crippen LogP) is 3.20. The van der Waals surface area contributed by atoms with Gasteiger partial charge in [-0.3, -0.25) is 4.79 Å². The molecule has 0 spiro atoms. The zero-order valence-electron chi connectivity index (χ0n) is 20.5. The Labute approximate surface area is 215 Å². The maximum Gasteiger partial charge on any atom is 0.393 e. The van der Waals surface area contributed by atoms with Crippen LogP contribution in [0.25, 0.3) is 5.52 Å². The number of nitrogens with two attached hydrogens (primary N) is 1. The fourth-order valence-electron chi connectivity index (χ4n) is 4.61. The third kappa shape index (κ3) is 5.31. The van der Waals surface area contributed by atoms with Crippen LogP contribution < -0.4 is 11.1 Å². The Bertz CT molecular complexity index is 1430. The Morgan fingerprint density at radius 3 is 2.71 bits per heavy atom. The van der Waals surface area contributed by atoms with Crippen LogP contribution in [0.5, 0.6) is 0 Å². The number of halogens is 5. The third-order valence-electron chi connectivity index (χ3n) is 6.81. The lowest BCUT2D eigenvalue weighted by atomic mass is 10.0. The van der Waals surface area contributed by atoms with Crippen LogP contribution in [0, 0.1) is 11.8 Å². The van der Waals surface area contributed by atoms with E-state index in [2.05, 4.69) is 27.4 Å². The summed E-state index contributed by atoms with van der Waals surface area (Å²) < 4.78 is 71.8. The number of pyridine rings is 1. The summed E-state index contributed by atoms with van der Waals surface area (Å²) >= 11 is 0. The van der Waals surface area contributed by atoms with E-state index >= 15 is 0 Å². The number of carbonyl (C=O) groups is 1. The Morgan fingerprint density at radius 1 is 1.29 bits per heavy atom. The molecule has 0 radical (unpaired) electrons. The fraction of sp³-hybridized carbons (Fsp3) is 0.480. The Balaban J connectivity index is 1.48. The second-order valence-electron chi connectivity index (χ2n) is 9.84. The van der Waals surface area contributed by atoms with E-state index in [0.717, 1.165) is 4.68 Å². The quantitative estimate of drug-likeness (QED) is 0.374. The number of anilines is 1. The summed E-state index contributed by atoms with van der Waals surface area (Å²) in [5.74, 6) is 3.26. The summed E-state index contributed by atoms with van der Waals surface area (Å²) in [5, 5.41) is 11.5. The van der Waals surface area contributed by atoms with Gasteiger partial charge in [-0.05, 0) is 31.5 Å². The van der Waals surface area contributed by atoms with Crippen molar-refractivity contribution < 1.29 is 26.7 Å². The molecule has 13 heteroatoms. The van der Waals surface area contributed by atoms with E-state index < -0.39 is 36.5 Å². The van der Waals surface area contributed by atoms with Gasteiger partial charge in [-0.1, -0.05) is 12.0 Å².